The molecule has 0 saturated carbocycles. The number of rotatable bonds is 14. The molecule has 7 aromatic rings. The first kappa shape index (κ1) is 34.6. The largest absolute Gasteiger partial charge is 0.456 e. The zero-order valence-electron chi connectivity index (χ0n) is 30.2. The highest BCUT2D eigenvalue weighted by Gasteiger charge is 2.18. The third-order valence-electron chi connectivity index (χ3n) is 9.55. The smallest absolute Gasteiger partial charge is 0.137 e. The van der Waals surface area contributed by atoms with Crippen molar-refractivity contribution < 1.29 is 8.83 Å². The van der Waals surface area contributed by atoms with Gasteiger partial charge in [-0.25, -0.2) is 0 Å². The summed E-state index contributed by atoms with van der Waals surface area (Å²) in [5, 5.41) is 0. The molecular formula is C50H46O2. The molecule has 2 heteroatoms. The van der Waals surface area contributed by atoms with Crippen LogP contribution in [0.15, 0.2) is 154 Å². The van der Waals surface area contributed by atoms with Crippen molar-refractivity contribution >= 4 is 24.3 Å². The standard InChI is InChI=1S/C50H46O2/c1-3-5-17-45-35-47(41-27-23-39(24-28-41)21-19-37-13-9-7-10-14-37)51-49(45)43-31-33-44(34-32-43)50-46(18-6-4-2)36-48(52-50)42-29-25-40(26-30-42)22-20-38-15-11-8-12-16-38/h7-16,19-36H,3-6,17-18H2,1-2H3/b21-19+,22-20+. The first-order chi connectivity index (χ1) is 25.7. The summed E-state index contributed by atoms with van der Waals surface area (Å²) in [6, 6.07) is 51.2. The minimum Gasteiger partial charge on any atom is -0.456 e. The zero-order chi connectivity index (χ0) is 35.5. The Balaban J connectivity index is 1.12. The van der Waals surface area contributed by atoms with Gasteiger partial charge in [-0.05, 0) is 71.2 Å². The summed E-state index contributed by atoms with van der Waals surface area (Å²) in [6.45, 7) is 4.48. The molecular weight excluding hydrogens is 633 g/mol. The molecule has 0 amide bonds. The summed E-state index contributed by atoms with van der Waals surface area (Å²) in [5.74, 6) is 3.72. The Morgan fingerprint density at radius 2 is 0.712 bits per heavy atom. The van der Waals surface area contributed by atoms with E-state index < -0.39 is 0 Å². The topological polar surface area (TPSA) is 26.3 Å². The van der Waals surface area contributed by atoms with Gasteiger partial charge < -0.3 is 8.83 Å². The molecule has 2 aromatic heterocycles. The molecule has 0 fully saturated rings. The van der Waals surface area contributed by atoms with Crippen molar-refractivity contribution in [2.45, 2.75) is 52.4 Å². The lowest BCUT2D eigenvalue weighted by atomic mass is 9.99. The molecule has 0 atom stereocenters. The molecule has 0 unspecified atom stereocenters. The van der Waals surface area contributed by atoms with Gasteiger partial charge in [0.1, 0.15) is 23.0 Å². The van der Waals surface area contributed by atoms with Crippen LogP contribution in [0.4, 0.5) is 0 Å². The van der Waals surface area contributed by atoms with Gasteiger partial charge in [-0.3, -0.25) is 0 Å². The van der Waals surface area contributed by atoms with Gasteiger partial charge in [-0.15, -0.1) is 0 Å². The molecule has 0 aliphatic rings. The van der Waals surface area contributed by atoms with E-state index in [9.17, 15) is 0 Å². The van der Waals surface area contributed by atoms with Gasteiger partial charge in [-0.2, -0.15) is 0 Å². The van der Waals surface area contributed by atoms with Crippen LogP contribution in [0.3, 0.4) is 0 Å². The number of unbranched alkanes of at least 4 members (excludes halogenated alkanes) is 2. The van der Waals surface area contributed by atoms with E-state index in [4.69, 9.17) is 8.83 Å². The summed E-state index contributed by atoms with van der Waals surface area (Å²) >= 11 is 0. The van der Waals surface area contributed by atoms with Gasteiger partial charge in [0, 0.05) is 22.3 Å². The fourth-order valence-corrected chi connectivity index (χ4v) is 6.54. The van der Waals surface area contributed by atoms with Crippen LogP contribution in [-0.2, 0) is 12.8 Å². The van der Waals surface area contributed by atoms with Crippen LogP contribution in [0.1, 0.15) is 72.9 Å². The SMILES string of the molecule is CCCCc1cc(-c2ccc(/C=C/c3ccccc3)cc2)oc1-c1ccc(-c2oc(-c3ccc(/C=C/c4ccccc4)cc3)cc2CCCC)cc1. The minimum absolute atomic E-state index is 0.905. The molecule has 2 heterocycles. The first-order valence-corrected chi connectivity index (χ1v) is 18.7. The maximum absolute atomic E-state index is 6.64. The number of benzene rings is 5. The summed E-state index contributed by atoms with van der Waals surface area (Å²) in [7, 11) is 0. The zero-order valence-corrected chi connectivity index (χ0v) is 30.2. The van der Waals surface area contributed by atoms with Gasteiger partial charge in [0.25, 0.3) is 0 Å². The van der Waals surface area contributed by atoms with E-state index in [1.165, 1.54) is 22.3 Å². The summed E-state index contributed by atoms with van der Waals surface area (Å²) < 4.78 is 13.3. The Labute approximate surface area is 308 Å². The van der Waals surface area contributed by atoms with Gasteiger partial charge in [0.2, 0.25) is 0 Å². The highest BCUT2D eigenvalue weighted by atomic mass is 16.3. The second-order valence-electron chi connectivity index (χ2n) is 13.4. The van der Waals surface area contributed by atoms with E-state index in [2.05, 4.69) is 172 Å². The summed E-state index contributed by atoms with van der Waals surface area (Å²) in [6.07, 6.45) is 15.1. The van der Waals surface area contributed by atoms with Crippen LogP contribution in [0, 0.1) is 0 Å². The maximum atomic E-state index is 6.64. The quantitative estimate of drug-likeness (QED) is 0.107. The molecule has 0 spiro atoms. The Kier molecular flexibility index (Phi) is 11.2. The van der Waals surface area contributed by atoms with Crippen molar-refractivity contribution in [2.75, 3.05) is 0 Å². The highest BCUT2D eigenvalue weighted by Crippen LogP contribution is 2.38. The van der Waals surface area contributed by atoms with Crippen molar-refractivity contribution in [1.82, 2.24) is 0 Å². The highest BCUT2D eigenvalue weighted by molar-refractivity contribution is 5.76. The number of hydrogen-bond donors (Lipinski definition) is 0. The van der Waals surface area contributed by atoms with E-state index >= 15 is 0 Å². The van der Waals surface area contributed by atoms with E-state index in [1.54, 1.807) is 0 Å². The fraction of sp³-hybridized carbons (Fsp3) is 0.160. The lowest BCUT2D eigenvalue weighted by molar-refractivity contribution is 0.591. The van der Waals surface area contributed by atoms with Crippen LogP contribution >= 0.6 is 0 Å². The molecule has 2 nitrogen and oxygen atoms in total. The Bertz CT molecular complexity index is 2050. The van der Waals surface area contributed by atoms with Crippen LogP contribution in [0.5, 0.6) is 0 Å². The molecule has 0 radical (unpaired) electrons. The van der Waals surface area contributed by atoms with Crippen LogP contribution in [0.2, 0.25) is 0 Å². The summed E-state index contributed by atoms with van der Waals surface area (Å²) in [4.78, 5) is 0. The first-order valence-electron chi connectivity index (χ1n) is 18.7. The van der Waals surface area contributed by atoms with Crippen LogP contribution < -0.4 is 0 Å². The van der Waals surface area contributed by atoms with E-state index in [-0.39, 0.29) is 0 Å². The van der Waals surface area contributed by atoms with Crippen molar-refractivity contribution in [2.24, 2.45) is 0 Å². The summed E-state index contributed by atoms with van der Waals surface area (Å²) in [5.41, 5.74) is 11.6. The number of hydrogen-bond acceptors (Lipinski definition) is 2. The predicted molar refractivity (Wildman–Crippen MR) is 221 cm³/mol. The Morgan fingerprint density at radius 3 is 1.06 bits per heavy atom. The Morgan fingerprint density at radius 1 is 0.385 bits per heavy atom. The van der Waals surface area contributed by atoms with E-state index in [0.29, 0.717) is 0 Å². The number of furan rings is 2. The van der Waals surface area contributed by atoms with Crippen molar-refractivity contribution in [3.05, 3.63) is 179 Å². The second kappa shape index (κ2) is 16.9. The third kappa shape index (κ3) is 8.53. The minimum atomic E-state index is 0.905. The Hall–Kier alpha value is -5.86. The van der Waals surface area contributed by atoms with Crippen LogP contribution in [0.25, 0.3) is 69.6 Å². The molecule has 258 valence electrons. The third-order valence-corrected chi connectivity index (χ3v) is 9.55. The fourth-order valence-electron chi connectivity index (χ4n) is 6.54. The van der Waals surface area contributed by atoms with E-state index in [1.807, 2.05) is 12.1 Å². The van der Waals surface area contributed by atoms with Crippen molar-refractivity contribution in [1.29, 1.82) is 0 Å². The molecule has 0 N–H and O–H groups in total. The van der Waals surface area contributed by atoms with Gasteiger partial charge in [0.15, 0.2) is 0 Å². The normalized spacial score (nSPS) is 11.6. The molecule has 7 rings (SSSR count). The lowest BCUT2D eigenvalue weighted by Crippen LogP contribution is -1.87. The lowest BCUT2D eigenvalue weighted by Gasteiger charge is -2.06. The second-order valence-corrected chi connectivity index (χ2v) is 13.4. The van der Waals surface area contributed by atoms with Gasteiger partial charge in [-0.1, -0.05) is 184 Å². The monoisotopic (exact) mass is 678 g/mol. The molecule has 0 bridgehead atoms. The number of aryl methyl sites for hydroxylation is 2. The molecule has 0 aliphatic heterocycles. The maximum Gasteiger partial charge on any atom is 0.137 e. The average Bonchev–Trinajstić information content (AvgIpc) is 3.84. The average molecular weight is 679 g/mol. The molecule has 0 saturated heterocycles. The van der Waals surface area contributed by atoms with Gasteiger partial charge >= 0.3 is 0 Å². The van der Waals surface area contributed by atoms with Crippen molar-refractivity contribution in [3.63, 3.8) is 0 Å². The van der Waals surface area contributed by atoms with Crippen LogP contribution in [-0.4, -0.2) is 0 Å². The van der Waals surface area contributed by atoms with Crippen molar-refractivity contribution in [3.8, 4) is 45.3 Å². The molecule has 5 aromatic carbocycles. The van der Waals surface area contributed by atoms with E-state index in [0.717, 1.165) is 94.9 Å². The molecule has 0 aliphatic carbocycles. The molecule has 52 heavy (non-hydrogen) atoms. The predicted octanol–water partition coefficient (Wildman–Crippen LogP) is 14.6. The van der Waals surface area contributed by atoms with Gasteiger partial charge in [0.05, 0.1) is 0 Å².